The highest BCUT2D eigenvalue weighted by molar-refractivity contribution is 6.05. The maximum atomic E-state index is 12.8. The van der Waals surface area contributed by atoms with Gasteiger partial charge in [0.05, 0.1) is 37.0 Å². The van der Waals surface area contributed by atoms with Gasteiger partial charge in [0.15, 0.2) is 0 Å². The Hall–Kier alpha value is -3.48. The molecule has 5 rings (SSSR count). The second kappa shape index (κ2) is 9.41. The predicted molar refractivity (Wildman–Crippen MR) is 131 cm³/mol. The number of benzene rings is 3. The van der Waals surface area contributed by atoms with E-state index >= 15 is 0 Å². The predicted octanol–water partition coefficient (Wildman–Crippen LogP) is 4.26. The second-order valence-corrected chi connectivity index (χ2v) is 8.87. The third-order valence-electron chi connectivity index (χ3n) is 7.02. The van der Waals surface area contributed by atoms with Gasteiger partial charge < -0.3 is 9.57 Å². The van der Waals surface area contributed by atoms with E-state index in [0.717, 1.165) is 11.3 Å². The molecule has 4 atom stereocenters. The molecule has 0 aromatic heterocycles. The Morgan fingerprint density at radius 2 is 1.26 bits per heavy atom. The van der Waals surface area contributed by atoms with E-state index in [1.54, 1.807) is 0 Å². The highest BCUT2D eigenvalue weighted by Gasteiger charge is 2.55. The van der Waals surface area contributed by atoms with Gasteiger partial charge in [0.1, 0.15) is 0 Å². The van der Waals surface area contributed by atoms with Crippen LogP contribution in [0.1, 0.15) is 28.8 Å². The van der Waals surface area contributed by atoms with Crippen LogP contribution in [0.3, 0.4) is 0 Å². The molecule has 0 bridgehead atoms. The van der Waals surface area contributed by atoms with E-state index in [9.17, 15) is 4.79 Å². The SMILES string of the molecule is COC(=O)[C@H]1ON=C(c2ccccc2)[C@@H]1C1N(C)[C@H](c2ccccc2)[C@@H](c2ccccc2)N1C. The van der Waals surface area contributed by atoms with Gasteiger partial charge in [0.25, 0.3) is 0 Å². The first-order valence-corrected chi connectivity index (χ1v) is 11.5. The van der Waals surface area contributed by atoms with Gasteiger partial charge in [0, 0.05) is 0 Å². The molecule has 2 heterocycles. The molecule has 3 aromatic carbocycles. The zero-order chi connectivity index (χ0) is 23.7. The molecule has 174 valence electrons. The van der Waals surface area contributed by atoms with Crippen molar-refractivity contribution in [2.24, 2.45) is 11.1 Å². The van der Waals surface area contributed by atoms with Crippen LogP contribution in [0.4, 0.5) is 0 Å². The number of hydrogen-bond acceptors (Lipinski definition) is 6. The summed E-state index contributed by atoms with van der Waals surface area (Å²) < 4.78 is 5.13. The van der Waals surface area contributed by atoms with Gasteiger partial charge in [-0.1, -0.05) is 96.2 Å². The lowest BCUT2D eigenvalue weighted by Crippen LogP contribution is -2.50. The van der Waals surface area contributed by atoms with Crippen molar-refractivity contribution < 1.29 is 14.4 Å². The number of methoxy groups -OCH3 is 1. The zero-order valence-corrected chi connectivity index (χ0v) is 19.6. The normalized spacial score (nSPS) is 25.7. The molecule has 1 saturated heterocycles. The Labute approximate surface area is 200 Å². The third-order valence-corrected chi connectivity index (χ3v) is 7.02. The summed E-state index contributed by atoms with van der Waals surface area (Å²) in [4.78, 5) is 23.2. The second-order valence-electron chi connectivity index (χ2n) is 8.87. The third kappa shape index (κ3) is 3.79. The number of likely N-dealkylation sites (N-methyl/N-ethyl adjacent to an activating group) is 2. The largest absolute Gasteiger partial charge is 0.466 e. The van der Waals surface area contributed by atoms with Crippen LogP contribution in [-0.4, -0.2) is 55.0 Å². The van der Waals surface area contributed by atoms with E-state index in [2.05, 4.69) is 77.6 Å². The summed E-state index contributed by atoms with van der Waals surface area (Å²) in [7, 11) is 5.64. The molecule has 0 aliphatic carbocycles. The number of esters is 1. The molecule has 1 fully saturated rings. The topological polar surface area (TPSA) is 54.4 Å². The molecule has 0 spiro atoms. The number of ether oxygens (including phenoxy) is 1. The lowest BCUT2D eigenvalue weighted by Gasteiger charge is -2.34. The number of oxime groups is 1. The Balaban J connectivity index is 1.62. The zero-order valence-electron chi connectivity index (χ0n) is 19.6. The summed E-state index contributed by atoms with van der Waals surface area (Å²) in [5, 5.41) is 4.41. The van der Waals surface area contributed by atoms with E-state index < -0.39 is 12.1 Å². The number of rotatable bonds is 5. The first kappa shape index (κ1) is 22.3. The fraction of sp³-hybridized carbons (Fsp3) is 0.286. The maximum absolute atomic E-state index is 12.8. The van der Waals surface area contributed by atoms with Crippen molar-refractivity contribution in [3.63, 3.8) is 0 Å². The summed E-state index contributed by atoms with van der Waals surface area (Å²) in [5.74, 6) is -0.745. The monoisotopic (exact) mass is 455 g/mol. The fourth-order valence-corrected chi connectivity index (χ4v) is 5.54. The van der Waals surface area contributed by atoms with Gasteiger partial charge in [-0.25, -0.2) is 4.79 Å². The minimum atomic E-state index is -0.818. The Bertz CT molecular complexity index is 1100. The molecule has 0 N–H and O–H groups in total. The van der Waals surface area contributed by atoms with Crippen molar-refractivity contribution in [3.05, 3.63) is 108 Å². The van der Waals surface area contributed by atoms with Crippen LogP contribution < -0.4 is 0 Å². The molecule has 6 nitrogen and oxygen atoms in total. The Kier molecular flexibility index (Phi) is 6.18. The molecule has 0 unspecified atom stereocenters. The highest BCUT2D eigenvalue weighted by Crippen LogP contribution is 2.49. The van der Waals surface area contributed by atoms with Gasteiger partial charge in [-0.15, -0.1) is 0 Å². The summed E-state index contributed by atoms with van der Waals surface area (Å²) >= 11 is 0. The smallest absolute Gasteiger partial charge is 0.350 e. The van der Waals surface area contributed by atoms with Gasteiger partial charge >= 0.3 is 5.97 Å². The van der Waals surface area contributed by atoms with Crippen LogP contribution in [0.2, 0.25) is 0 Å². The lowest BCUT2D eigenvalue weighted by molar-refractivity contribution is -0.156. The quantitative estimate of drug-likeness (QED) is 0.538. The van der Waals surface area contributed by atoms with Gasteiger partial charge in [-0.05, 0) is 30.8 Å². The van der Waals surface area contributed by atoms with Crippen molar-refractivity contribution in [1.82, 2.24) is 9.80 Å². The van der Waals surface area contributed by atoms with Crippen molar-refractivity contribution in [2.75, 3.05) is 21.2 Å². The highest BCUT2D eigenvalue weighted by atomic mass is 16.7. The van der Waals surface area contributed by atoms with Gasteiger partial charge in [0.2, 0.25) is 6.10 Å². The molecule has 3 aromatic rings. The van der Waals surface area contributed by atoms with Crippen molar-refractivity contribution in [3.8, 4) is 0 Å². The molecule has 2 aliphatic rings. The van der Waals surface area contributed by atoms with E-state index in [0.29, 0.717) is 0 Å². The molecule has 0 radical (unpaired) electrons. The van der Waals surface area contributed by atoms with Crippen LogP contribution in [0.5, 0.6) is 0 Å². The summed E-state index contributed by atoms with van der Waals surface area (Å²) in [5.41, 5.74) is 4.15. The van der Waals surface area contributed by atoms with Crippen LogP contribution in [0, 0.1) is 5.92 Å². The summed E-state index contributed by atoms with van der Waals surface area (Å²) in [6.45, 7) is 0. The van der Waals surface area contributed by atoms with E-state index in [1.807, 2.05) is 42.5 Å². The molecule has 6 heteroatoms. The molecule has 0 amide bonds. The first-order valence-electron chi connectivity index (χ1n) is 11.5. The molecular formula is C28H29N3O3. The minimum Gasteiger partial charge on any atom is -0.466 e. The molecule has 0 saturated carbocycles. The van der Waals surface area contributed by atoms with Gasteiger partial charge in [-0.2, -0.15) is 0 Å². The van der Waals surface area contributed by atoms with Crippen LogP contribution >= 0.6 is 0 Å². The van der Waals surface area contributed by atoms with Crippen molar-refractivity contribution in [1.29, 1.82) is 0 Å². The van der Waals surface area contributed by atoms with Crippen molar-refractivity contribution >= 4 is 11.7 Å². The van der Waals surface area contributed by atoms with Crippen LogP contribution in [0.15, 0.2) is 96.2 Å². The molecular weight excluding hydrogens is 426 g/mol. The average Bonchev–Trinajstić information content (AvgIpc) is 3.43. The average molecular weight is 456 g/mol. The van der Waals surface area contributed by atoms with Crippen LogP contribution in [-0.2, 0) is 14.4 Å². The Morgan fingerprint density at radius 1 is 0.794 bits per heavy atom. The van der Waals surface area contributed by atoms with E-state index in [1.165, 1.54) is 18.2 Å². The number of carbonyl (C=O) groups excluding carboxylic acids is 1. The Morgan fingerprint density at radius 3 is 1.74 bits per heavy atom. The van der Waals surface area contributed by atoms with Crippen molar-refractivity contribution in [2.45, 2.75) is 24.4 Å². The summed E-state index contributed by atoms with van der Waals surface area (Å²) in [6, 6.07) is 31.1. The summed E-state index contributed by atoms with van der Waals surface area (Å²) in [6.07, 6.45) is -0.970. The molecule has 34 heavy (non-hydrogen) atoms. The molecule has 2 aliphatic heterocycles. The lowest BCUT2D eigenvalue weighted by atomic mass is 9.88. The van der Waals surface area contributed by atoms with Gasteiger partial charge in [-0.3, -0.25) is 9.80 Å². The number of hydrogen-bond donors (Lipinski definition) is 0. The van der Waals surface area contributed by atoms with E-state index in [-0.39, 0.29) is 24.2 Å². The minimum absolute atomic E-state index is 0.0783. The van der Waals surface area contributed by atoms with Crippen LogP contribution in [0.25, 0.3) is 0 Å². The number of carbonyl (C=O) groups is 1. The number of nitrogens with zero attached hydrogens (tertiary/aromatic N) is 3. The van der Waals surface area contributed by atoms with E-state index in [4.69, 9.17) is 9.57 Å². The fourth-order valence-electron chi connectivity index (χ4n) is 5.54. The maximum Gasteiger partial charge on any atom is 0.350 e. The first-order chi connectivity index (χ1) is 16.6. The standard InChI is InChI=1S/C28H29N3O3/c1-30-24(20-15-9-5-10-16-20)25(21-17-11-6-12-18-21)31(2)27(30)22-23(19-13-7-4-8-14-19)29-34-26(22)28(32)33-3/h4-18,22,24-27H,1-3H3/t22-,24+,25+,26-/m0/s1.